The minimum absolute atomic E-state index is 0.691. The van der Waals surface area contributed by atoms with E-state index < -0.39 is 0 Å². The number of nitrogens with two attached hydrogens (primary N) is 1. The van der Waals surface area contributed by atoms with Gasteiger partial charge in [0.25, 0.3) is 0 Å². The Labute approximate surface area is 143 Å². The highest BCUT2D eigenvalue weighted by atomic mass is 14.9. The first-order chi connectivity index (χ1) is 11.8. The number of aryl methyl sites for hydroxylation is 1. The lowest BCUT2D eigenvalue weighted by molar-refractivity contribution is 0.615. The van der Waals surface area contributed by atoms with Gasteiger partial charge in [-0.1, -0.05) is 30.3 Å². The van der Waals surface area contributed by atoms with Crippen LogP contribution in [0.3, 0.4) is 0 Å². The highest BCUT2D eigenvalue weighted by molar-refractivity contribution is 5.95. The first-order valence-electron chi connectivity index (χ1n) is 8.69. The van der Waals surface area contributed by atoms with E-state index in [1.54, 1.807) is 0 Å². The third kappa shape index (κ3) is 3.90. The zero-order valence-electron chi connectivity index (χ0n) is 14.3. The smallest absolute Gasteiger partial charge is 0.0738 e. The van der Waals surface area contributed by atoms with E-state index in [2.05, 4.69) is 60.0 Å². The maximum atomic E-state index is 5.46. The fourth-order valence-electron chi connectivity index (χ4n) is 3.06. The standard InChI is InChI=1S/C20H26N4/c1-15-4-2-6-17-14-18-16(5-3-7-19(18)24-20(15)17)8-10-22-12-13-23-11-9-21/h2-7,14,22-23H,8-13,21H2,1H3. The fraction of sp³-hybridized carbons (Fsp3) is 0.350. The van der Waals surface area contributed by atoms with Crippen LogP contribution < -0.4 is 16.4 Å². The molecule has 0 fully saturated rings. The van der Waals surface area contributed by atoms with Crippen LogP contribution in [-0.4, -0.2) is 37.7 Å². The number of hydrogen-bond donors (Lipinski definition) is 3. The molecule has 0 aliphatic heterocycles. The van der Waals surface area contributed by atoms with E-state index in [1.165, 1.54) is 21.9 Å². The quantitative estimate of drug-likeness (QED) is 0.440. The van der Waals surface area contributed by atoms with E-state index >= 15 is 0 Å². The average molecular weight is 322 g/mol. The number of fused-ring (bicyclic) bond motifs is 2. The number of nitrogens with zero attached hydrogens (tertiary/aromatic N) is 1. The summed E-state index contributed by atoms with van der Waals surface area (Å²) in [7, 11) is 0. The minimum Gasteiger partial charge on any atom is -0.329 e. The van der Waals surface area contributed by atoms with Gasteiger partial charge in [0.2, 0.25) is 0 Å². The molecule has 3 rings (SSSR count). The number of nitrogens with one attached hydrogen (secondary N) is 2. The molecule has 0 aliphatic carbocycles. The van der Waals surface area contributed by atoms with Crippen LogP contribution in [-0.2, 0) is 6.42 Å². The zero-order chi connectivity index (χ0) is 16.8. The van der Waals surface area contributed by atoms with E-state index in [4.69, 9.17) is 10.7 Å². The van der Waals surface area contributed by atoms with E-state index in [0.717, 1.165) is 43.6 Å². The Bertz CT molecular complexity index is 813. The second kappa shape index (κ2) is 8.20. The second-order valence-corrected chi connectivity index (χ2v) is 6.16. The summed E-state index contributed by atoms with van der Waals surface area (Å²) in [5.74, 6) is 0. The molecule has 24 heavy (non-hydrogen) atoms. The van der Waals surface area contributed by atoms with Crippen molar-refractivity contribution in [1.82, 2.24) is 15.6 Å². The van der Waals surface area contributed by atoms with Crippen molar-refractivity contribution in [3.8, 4) is 0 Å². The summed E-state index contributed by atoms with van der Waals surface area (Å²) in [6, 6.07) is 15.1. The highest BCUT2D eigenvalue weighted by Crippen LogP contribution is 2.24. The zero-order valence-corrected chi connectivity index (χ0v) is 14.3. The number of para-hydroxylation sites is 1. The molecule has 1 heterocycles. The first-order valence-corrected chi connectivity index (χ1v) is 8.69. The van der Waals surface area contributed by atoms with Crippen molar-refractivity contribution in [2.45, 2.75) is 13.3 Å². The molecule has 1 aromatic heterocycles. The molecular formula is C20H26N4. The van der Waals surface area contributed by atoms with Gasteiger partial charge in [-0.05, 0) is 43.1 Å². The summed E-state index contributed by atoms with van der Waals surface area (Å²) in [6.07, 6.45) is 1.01. The summed E-state index contributed by atoms with van der Waals surface area (Å²) in [4.78, 5) is 4.87. The van der Waals surface area contributed by atoms with Crippen molar-refractivity contribution in [3.05, 3.63) is 53.6 Å². The van der Waals surface area contributed by atoms with Gasteiger partial charge in [-0.15, -0.1) is 0 Å². The number of hydrogen-bond acceptors (Lipinski definition) is 4. The molecule has 0 unspecified atom stereocenters. The lowest BCUT2D eigenvalue weighted by Gasteiger charge is -2.10. The number of rotatable bonds is 8. The minimum atomic E-state index is 0.691. The van der Waals surface area contributed by atoms with E-state index in [1.807, 2.05) is 0 Å². The molecule has 4 N–H and O–H groups in total. The predicted molar refractivity (Wildman–Crippen MR) is 102 cm³/mol. The summed E-state index contributed by atoms with van der Waals surface area (Å²) in [6.45, 7) is 6.58. The van der Waals surface area contributed by atoms with E-state index in [0.29, 0.717) is 6.54 Å². The summed E-state index contributed by atoms with van der Waals surface area (Å²) < 4.78 is 0. The molecule has 3 aromatic rings. The second-order valence-electron chi connectivity index (χ2n) is 6.16. The molecule has 4 nitrogen and oxygen atoms in total. The van der Waals surface area contributed by atoms with Crippen molar-refractivity contribution in [3.63, 3.8) is 0 Å². The van der Waals surface area contributed by atoms with Gasteiger partial charge < -0.3 is 16.4 Å². The fourth-order valence-corrected chi connectivity index (χ4v) is 3.06. The summed E-state index contributed by atoms with van der Waals surface area (Å²) in [5.41, 5.74) is 10.2. The van der Waals surface area contributed by atoms with Crippen LogP contribution in [0.15, 0.2) is 42.5 Å². The van der Waals surface area contributed by atoms with Crippen molar-refractivity contribution < 1.29 is 0 Å². The highest BCUT2D eigenvalue weighted by Gasteiger charge is 2.05. The van der Waals surface area contributed by atoms with Gasteiger partial charge in [0.1, 0.15) is 0 Å². The third-order valence-corrected chi connectivity index (χ3v) is 4.35. The average Bonchev–Trinajstić information content (AvgIpc) is 2.60. The molecule has 126 valence electrons. The van der Waals surface area contributed by atoms with Crippen molar-refractivity contribution in [2.24, 2.45) is 5.73 Å². The molecule has 0 aliphatic rings. The SMILES string of the molecule is Cc1cccc2cc3c(CCNCCNCCN)cccc3nc12. The van der Waals surface area contributed by atoms with Crippen molar-refractivity contribution in [1.29, 1.82) is 0 Å². The summed E-state index contributed by atoms with van der Waals surface area (Å²) in [5, 5.41) is 9.25. The van der Waals surface area contributed by atoms with Crippen molar-refractivity contribution in [2.75, 3.05) is 32.7 Å². The molecule has 2 aromatic carbocycles. The summed E-state index contributed by atoms with van der Waals surface area (Å²) >= 11 is 0. The lowest BCUT2D eigenvalue weighted by atomic mass is 10.0. The number of aromatic nitrogens is 1. The lowest BCUT2D eigenvalue weighted by Crippen LogP contribution is -2.31. The normalized spacial score (nSPS) is 11.4. The van der Waals surface area contributed by atoms with Crippen LogP contribution >= 0.6 is 0 Å². The van der Waals surface area contributed by atoms with Crippen LogP contribution in [0.4, 0.5) is 0 Å². The van der Waals surface area contributed by atoms with Crippen LogP contribution in [0, 0.1) is 6.92 Å². The Hall–Kier alpha value is -2.01. The van der Waals surface area contributed by atoms with E-state index in [9.17, 15) is 0 Å². The van der Waals surface area contributed by atoms with Gasteiger partial charge in [-0.2, -0.15) is 0 Å². The molecule has 0 atom stereocenters. The molecule has 0 radical (unpaired) electrons. The largest absolute Gasteiger partial charge is 0.329 e. The van der Waals surface area contributed by atoms with Gasteiger partial charge in [-0.3, -0.25) is 0 Å². The van der Waals surface area contributed by atoms with E-state index in [-0.39, 0.29) is 0 Å². The topological polar surface area (TPSA) is 63.0 Å². The van der Waals surface area contributed by atoms with Gasteiger partial charge in [-0.25, -0.2) is 4.98 Å². The molecule has 0 saturated heterocycles. The molecular weight excluding hydrogens is 296 g/mol. The number of pyridine rings is 1. The predicted octanol–water partition coefficient (Wildman–Crippen LogP) is 2.38. The maximum Gasteiger partial charge on any atom is 0.0738 e. The van der Waals surface area contributed by atoms with Gasteiger partial charge in [0.05, 0.1) is 11.0 Å². The Morgan fingerprint density at radius 2 is 1.75 bits per heavy atom. The van der Waals surface area contributed by atoms with Gasteiger partial charge in [0, 0.05) is 37.0 Å². The number of benzene rings is 2. The van der Waals surface area contributed by atoms with Crippen LogP contribution in [0.2, 0.25) is 0 Å². The molecule has 0 bridgehead atoms. The Morgan fingerprint density at radius 1 is 0.958 bits per heavy atom. The van der Waals surface area contributed by atoms with Crippen LogP contribution in [0.1, 0.15) is 11.1 Å². The molecule has 0 saturated carbocycles. The third-order valence-electron chi connectivity index (χ3n) is 4.35. The molecule has 4 heteroatoms. The maximum absolute atomic E-state index is 5.46. The van der Waals surface area contributed by atoms with Crippen molar-refractivity contribution >= 4 is 21.8 Å². The Morgan fingerprint density at radius 3 is 2.58 bits per heavy atom. The molecule has 0 spiro atoms. The van der Waals surface area contributed by atoms with Crippen LogP contribution in [0.5, 0.6) is 0 Å². The van der Waals surface area contributed by atoms with Crippen LogP contribution in [0.25, 0.3) is 21.8 Å². The van der Waals surface area contributed by atoms with Gasteiger partial charge >= 0.3 is 0 Å². The monoisotopic (exact) mass is 322 g/mol. The van der Waals surface area contributed by atoms with Gasteiger partial charge in [0.15, 0.2) is 0 Å². The first kappa shape index (κ1) is 16.8. The Balaban J connectivity index is 1.72. The Kier molecular flexibility index (Phi) is 5.75. The molecule has 0 amide bonds.